The first-order valence-electron chi connectivity index (χ1n) is 5.81. The molecule has 0 saturated carbocycles. The number of amides is 1. The lowest BCUT2D eigenvalue weighted by Crippen LogP contribution is -2.19. The van der Waals surface area contributed by atoms with Gasteiger partial charge in [0.25, 0.3) is 5.91 Å². The first-order chi connectivity index (χ1) is 9.15. The van der Waals surface area contributed by atoms with Gasteiger partial charge >= 0.3 is 0 Å². The highest BCUT2D eigenvalue weighted by Gasteiger charge is 2.08. The largest absolute Gasteiger partial charge is 0.493 e. The van der Waals surface area contributed by atoms with Gasteiger partial charge in [-0.3, -0.25) is 4.79 Å². The highest BCUT2D eigenvalue weighted by Crippen LogP contribution is 2.28. The van der Waals surface area contributed by atoms with Crippen molar-refractivity contribution in [1.82, 2.24) is 5.32 Å². The average Bonchev–Trinajstić information content (AvgIpc) is 2.44. The first-order valence-corrected chi connectivity index (χ1v) is 5.81. The van der Waals surface area contributed by atoms with Crippen LogP contribution in [0.5, 0.6) is 11.5 Å². The molecule has 100 valence electrons. The first kappa shape index (κ1) is 14.6. The average molecular weight is 260 g/mol. The predicted octanol–water partition coefficient (Wildman–Crippen LogP) is 1.75. The Kier molecular flexibility index (Phi) is 5.42. The Bertz CT molecular complexity index is 530. The van der Waals surface area contributed by atoms with Gasteiger partial charge in [-0.15, -0.1) is 0 Å². The highest BCUT2D eigenvalue weighted by molar-refractivity contribution is 6.01. The molecule has 5 heteroatoms. The minimum atomic E-state index is -0.420. The number of nitriles is 1. The highest BCUT2D eigenvalue weighted by atomic mass is 16.5. The molecule has 0 saturated heterocycles. The van der Waals surface area contributed by atoms with Crippen LogP contribution in [0.3, 0.4) is 0 Å². The summed E-state index contributed by atoms with van der Waals surface area (Å²) in [4.78, 5) is 11.4. The molecule has 0 spiro atoms. The number of nitrogens with one attached hydrogen (secondary N) is 1. The predicted molar refractivity (Wildman–Crippen MR) is 71.8 cm³/mol. The maximum absolute atomic E-state index is 11.4. The molecule has 1 N–H and O–H groups in total. The molecule has 0 fully saturated rings. The van der Waals surface area contributed by atoms with Crippen molar-refractivity contribution in [3.8, 4) is 17.6 Å². The molecule has 19 heavy (non-hydrogen) atoms. The van der Waals surface area contributed by atoms with Crippen LogP contribution in [-0.4, -0.2) is 26.7 Å². The molecule has 1 aromatic carbocycles. The normalized spacial score (nSPS) is 10.5. The molecule has 0 aromatic heterocycles. The molecule has 0 unspecified atom stereocenters. The third-order valence-corrected chi connectivity index (χ3v) is 2.39. The second-order valence-corrected chi connectivity index (χ2v) is 3.59. The van der Waals surface area contributed by atoms with Crippen LogP contribution < -0.4 is 14.8 Å². The second-order valence-electron chi connectivity index (χ2n) is 3.59. The summed E-state index contributed by atoms with van der Waals surface area (Å²) >= 11 is 0. The Morgan fingerprint density at radius 1 is 1.47 bits per heavy atom. The summed E-state index contributed by atoms with van der Waals surface area (Å²) in [5.41, 5.74) is 0.736. The smallest absolute Gasteiger partial charge is 0.261 e. The third-order valence-electron chi connectivity index (χ3n) is 2.39. The van der Waals surface area contributed by atoms with Gasteiger partial charge in [-0.05, 0) is 30.7 Å². The lowest BCUT2D eigenvalue weighted by molar-refractivity contribution is -0.116. The molecule has 0 aliphatic heterocycles. The number of carbonyl (C=O) groups excluding carboxylic acids is 1. The second kappa shape index (κ2) is 7.07. The van der Waals surface area contributed by atoms with Gasteiger partial charge in [-0.1, -0.05) is 6.07 Å². The van der Waals surface area contributed by atoms with Crippen LogP contribution >= 0.6 is 0 Å². The molecule has 0 bridgehead atoms. The number of ether oxygens (including phenoxy) is 2. The maximum atomic E-state index is 11.4. The van der Waals surface area contributed by atoms with Crippen LogP contribution in [-0.2, 0) is 4.79 Å². The van der Waals surface area contributed by atoms with Crippen molar-refractivity contribution in [2.45, 2.75) is 6.92 Å². The van der Waals surface area contributed by atoms with E-state index >= 15 is 0 Å². The zero-order chi connectivity index (χ0) is 14.3. The SMILES string of the molecule is CCOc1cc(/C=C(\C#N)C(=O)NC)ccc1OC. The number of benzene rings is 1. The molecule has 0 radical (unpaired) electrons. The Morgan fingerprint density at radius 2 is 2.21 bits per heavy atom. The fourth-order valence-corrected chi connectivity index (χ4v) is 1.50. The van der Waals surface area contributed by atoms with E-state index in [1.807, 2.05) is 13.0 Å². The van der Waals surface area contributed by atoms with Gasteiger partial charge < -0.3 is 14.8 Å². The lowest BCUT2D eigenvalue weighted by Gasteiger charge is -2.09. The minimum Gasteiger partial charge on any atom is -0.493 e. The van der Waals surface area contributed by atoms with E-state index in [-0.39, 0.29) is 5.57 Å². The van der Waals surface area contributed by atoms with E-state index in [0.717, 1.165) is 0 Å². The van der Waals surface area contributed by atoms with Crippen molar-refractivity contribution in [1.29, 1.82) is 5.26 Å². The van der Waals surface area contributed by atoms with Crippen molar-refractivity contribution < 1.29 is 14.3 Å². The fourth-order valence-electron chi connectivity index (χ4n) is 1.50. The van der Waals surface area contributed by atoms with Gasteiger partial charge in [0.1, 0.15) is 11.6 Å². The maximum Gasteiger partial charge on any atom is 0.261 e. The molecule has 0 aliphatic rings. The molecule has 0 aliphatic carbocycles. The monoisotopic (exact) mass is 260 g/mol. The molecule has 1 rings (SSSR count). The van der Waals surface area contributed by atoms with Crippen LogP contribution in [0.15, 0.2) is 23.8 Å². The van der Waals surface area contributed by atoms with Crippen LogP contribution in [0.25, 0.3) is 6.08 Å². The molecule has 0 atom stereocenters. The number of likely N-dealkylation sites (N-methyl/N-ethyl adjacent to an activating group) is 1. The van der Waals surface area contributed by atoms with E-state index in [0.29, 0.717) is 23.7 Å². The minimum absolute atomic E-state index is 0.0371. The molecule has 5 nitrogen and oxygen atoms in total. The van der Waals surface area contributed by atoms with E-state index in [9.17, 15) is 4.79 Å². The van der Waals surface area contributed by atoms with Crippen LogP contribution in [0.4, 0.5) is 0 Å². The summed E-state index contributed by atoms with van der Waals surface area (Å²) in [6.07, 6.45) is 1.50. The summed E-state index contributed by atoms with van der Waals surface area (Å²) < 4.78 is 10.6. The molecule has 0 heterocycles. The van der Waals surface area contributed by atoms with Crippen LogP contribution in [0, 0.1) is 11.3 Å². The van der Waals surface area contributed by atoms with Crippen molar-refractivity contribution >= 4 is 12.0 Å². The van der Waals surface area contributed by atoms with Gasteiger partial charge in [-0.2, -0.15) is 5.26 Å². The summed E-state index contributed by atoms with van der Waals surface area (Å²) in [6.45, 7) is 2.37. The summed E-state index contributed by atoms with van der Waals surface area (Å²) in [7, 11) is 3.03. The van der Waals surface area contributed by atoms with Crippen molar-refractivity contribution in [2.75, 3.05) is 20.8 Å². The van der Waals surface area contributed by atoms with Gasteiger partial charge in [0.2, 0.25) is 0 Å². The molecule has 1 aromatic rings. The van der Waals surface area contributed by atoms with Gasteiger partial charge in [-0.25, -0.2) is 0 Å². The number of carbonyl (C=O) groups is 1. The van der Waals surface area contributed by atoms with Crippen LogP contribution in [0.1, 0.15) is 12.5 Å². The summed E-state index contributed by atoms with van der Waals surface area (Å²) in [5, 5.41) is 11.3. The summed E-state index contributed by atoms with van der Waals surface area (Å²) in [5.74, 6) is 0.765. The zero-order valence-corrected chi connectivity index (χ0v) is 11.2. The third kappa shape index (κ3) is 3.75. The molecular weight excluding hydrogens is 244 g/mol. The van der Waals surface area contributed by atoms with E-state index in [4.69, 9.17) is 14.7 Å². The van der Waals surface area contributed by atoms with E-state index in [2.05, 4.69) is 5.32 Å². The van der Waals surface area contributed by atoms with Crippen molar-refractivity contribution in [2.24, 2.45) is 0 Å². The van der Waals surface area contributed by atoms with Crippen molar-refractivity contribution in [3.05, 3.63) is 29.3 Å². The molecular formula is C14H16N2O3. The Balaban J connectivity index is 3.15. The number of nitrogens with zero attached hydrogens (tertiary/aromatic N) is 1. The standard InChI is InChI=1S/C14H16N2O3/c1-4-19-13-8-10(5-6-12(13)18-3)7-11(9-15)14(17)16-2/h5-8H,4H2,1-3H3,(H,16,17)/b11-7+. The number of rotatable bonds is 5. The van der Waals surface area contributed by atoms with Gasteiger partial charge in [0, 0.05) is 7.05 Å². The Labute approximate surface area is 112 Å². The van der Waals surface area contributed by atoms with Crippen LogP contribution in [0.2, 0.25) is 0 Å². The fraction of sp³-hybridized carbons (Fsp3) is 0.286. The Morgan fingerprint density at radius 3 is 2.74 bits per heavy atom. The quantitative estimate of drug-likeness (QED) is 0.646. The number of hydrogen-bond donors (Lipinski definition) is 1. The Hall–Kier alpha value is -2.48. The van der Waals surface area contributed by atoms with E-state index in [1.165, 1.54) is 13.1 Å². The van der Waals surface area contributed by atoms with E-state index in [1.54, 1.807) is 25.3 Å². The zero-order valence-electron chi connectivity index (χ0n) is 11.2. The summed E-state index contributed by atoms with van der Waals surface area (Å²) in [6, 6.07) is 7.07. The number of methoxy groups -OCH3 is 1. The molecule has 1 amide bonds. The van der Waals surface area contributed by atoms with Gasteiger partial charge in [0.15, 0.2) is 11.5 Å². The van der Waals surface area contributed by atoms with E-state index < -0.39 is 5.91 Å². The number of hydrogen-bond acceptors (Lipinski definition) is 4. The lowest BCUT2D eigenvalue weighted by atomic mass is 10.1. The topological polar surface area (TPSA) is 71.3 Å². The van der Waals surface area contributed by atoms with Crippen molar-refractivity contribution in [3.63, 3.8) is 0 Å². The van der Waals surface area contributed by atoms with Gasteiger partial charge in [0.05, 0.1) is 13.7 Å².